The van der Waals surface area contributed by atoms with E-state index < -0.39 is 33.3 Å². The zero-order chi connectivity index (χ0) is 31.5. The number of rotatable bonds is 9. The molecule has 0 radical (unpaired) electrons. The molecule has 0 aliphatic heterocycles. The molecular weight excluding hydrogens is 544 g/mol. The second-order valence-electron chi connectivity index (χ2n) is 13.5. The number of esters is 1. The molecule has 3 fully saturated rings. The summed E-state index contributed by atoms with van der Waals surface area (Å²) in [5.41, 5.74) is 2.63. The number of allylic oxidation sites excluding steroid dienone is 6. The van der Waals surface area contributed by atoms with E-state index in [1.54, 1.807) is 0 Å². The lowest BCUT2D eigenvalue weighted by molar-refractivity contribution is -0.394. The first-order valence-corrected chi connectivity index (χ1v) is 15.7. The lowest BCUT2D eigenvalue weighted by atomic mass is 9.61. The molecule has 0 saturated heterocycles. The summed E-state index contributed by atoms with van der Waals surface area (Å²) in [5, 5.41) is 22.5. The van der Waals surface area contributed by atoms with Crippen LogP contribution in [0.4, 0.5) is 11.4 Å². The average Bonchev–Trinajstić information content (AvgIpc) is 3.33. The highest BCUT2D eigenvalue weighted by molar-refractivity contribution is 5.91. The number of benzene rings is 1. The fourth-order valence-electron chi connectivity index (χ4n) is 7.47. The first-order valence-electron chi connectivity index (χ1n) is 15.7. The van der Waals surface area contributed by atoms with Gasteiger partial charge in [-0.3, -0.25) is 20.2 Å². The molecule has 43 heavy (non-hydrogen) atoms. The van der Waals surface area contributed by atoms with Crippen LogP contribution in [0, 0.1) is 55.2 Å². The second-order valence-corrected chi connectivity index (χ2v) is 13.5. The van der Waals surface area contributed by atoms with Crippen molar-refractivity contribution in [3.63, 3.8) is 0 Å². The molecule has 0 bridgehead atoms. The van der Waals surface area contributed by atoms with Crippen LogP contribution in [0.2, 0.25) is 0 Å². The maximum Gasteiger partial charge on any atom is 0.338 e. The number of ether oxygens (including phenoxy) is 1. The fraction of sp³-hybridized carbons (Fsp3) is 0.571. The summed E-state index contributed by atoms with van der Waals surface area (Å²) >= 11 is 0. The molecule has 8 nitrogen and oxygen atoms in total. The van der Waals surface area contributed by atoms with Gasteiger partial charge < -0.3 is 4.74 Å². The summed E-state index contributed by atoms with van der Waals surface area (Å²) < 4.78 is 5.70. The van der Waals surface area contributed by atoms with Gasteiger partial charge in [0.15, 0.2) is 0 Å². The molecule has 4 rings (SSSR count). The van der Waals surface area contributed by atoms with Gasteiger partial charge in [0.2, 0.25) is 0 Å². The first kappa shape index (κ1) is 32.4. The van der Waals surface area contributed by atoms with Crippen molar-refractivity contribution >= 4 is 17.3 Å². The van der Waals surface area contributed by atoms with Gasteiger partial charge in [0.1, 0.15) is 6.10 Å². The standard InChI is InChI=1S/C35H46N2O6/c1-22(2)23(3)9-10-25(5)32-15-16-33-26(8-7-17-35(32,33)6)12-13-27-20-31(14-11-24(27)4)43-34(38)28-18-29(36(39)40)21-30(19-28)37(41)42/h9-10,12-13,18-19,21-23,25,31-33H,4,7-8,11,14-17,20H2,1-3,5-6H3/b10-9+,26-12+,27-13+/t23-,25-,31-,32+,33+,35+/m0/s1. The SMILES string of the molecule is C=C1CC[C@H](OC(=O)c2cc([N+](=O)[O-])cc([N+](=O)[O-])c2)C/C1=C\C=C1/CCC[C@@]2(C)[C@@H]1CC[C@@H]2[C@@H](C)/C=C/[C@H](C)C(C)C. The number of nitrogens with zero attached hydrogens (tertiary/aromatic N) is 2. The lowest BCUT2D eigenvalue weighted by Gasteiger charge is -2.44. The van der Waals surface area contributed by atoms with Crippen LogP contribution < -0.4 is 0 Å². The molecule has 0 N–H and O–H groups in total. The van der Waals surface area contributed by atoms with E-state index in [0.717, 1.165) is 35.8 Å². The zero-order valence-corrected chi connectivity index (χ0v) is 26.2. The Labute approximate surface area is 255 Å². The van der Waals surface area contributed by atoms with Crippen molar-refractivity contribution in [2.24, 2.45) is 35.0 Å². The van der Waals surface area contributed by atoms with Gasteiger partial charge in [-0.25, -0.2) is 4.79 Å². The van der Waals surface area contributed by atoms with E-state index in [0.29, 0.717) is 48.9 Å². The predicted molar refractivity (Wildman–Crippen MR) is 169 cm³/mol. The van der Waals surface area contributed by atoms with Gasteiger partial charge in [-0.15, -0.1) is 0 Å². The molecule has 0 unspecified atom stereocenters. The molecule has 3 aliphatic rings. The third kappa shape index (κ3) is 7.34. The Kier molecular flexibility index (Phi) is 10.1. The largest absolute Gasteiger partial charge is 0.458 e. The molecule has 0 spiro atoms. The van der Waals surface area contributed by atoms with Crippen molar-refractivity contribution in [1.29, 1.82) is 0 Å². The Balaban J connectivity index is 1.47. The molecule has 6 atom stereocenters. The van der Waals surface area contributed by atoms with Crippen molar-refractivity contribution in [2.75, 3.05) is 0 Å². The molecule has 0 heterocycles. The highest BCUT2D eigenvalue weighted by atomic mass is 16.6. The fourth-order valence-corrected chi connectivity index (χ4v) is 7.47. The van der Waals surface area contributed by atoms with Gasteiger partial charge in [0.25, 0.3) is 11.4 Å². The van der Waals surface area contributed by atoms with Crippen LogP contribution >= 0.6 is 0 Å². The number of carbonyl (C=O) groups excluding carboxylic acids is 1. The summed E-state index contributed by atoms with van der Waals surface area (Å²) in [6.45, 7) is 16.0. The van der Waals surface area contributed by atoms with Gasteiger partial charge in [0, 0.05) is 18.6 Å². The summed E-state index contributed by atoms with van der Waals surface area (Å²) in [7, 11) is 0. The van der Waals surface area contributed by atoms with Crippen molar-refractivity contribution in [1.82, 2.24) is 0 Å². The second kappa shape index (κ2) is 13.4. The molecule has 232 valence electrons. The topological polar surface area (TPSA) is 113 Å². The third-order valence-corrected chi connectivity index (χ3v) is 10.4. The van der Waals surface area contributed by atoms with Crippen molar-refractivity contribution < 1.29 is 19.4 Å². The number of hydrogen-bond donors (Lipinski definition) is 0. The number of nitro benzene ring substituents is 2. The van der Waals surface area contributed by atoms with E-state index in [-0.39, 0.29) is 11.0 Å². The number of hydrogen-bond acceptors (Lipinski definition) is 6. The number of nitro groups is 2. The van der Waals surface area contributed by atoms with Crippen LogP contribution in [0.15, 0.2) is 65.8 Å². The minimum absolute atomic E-state index is 0.196. The number of fused-ring (bicyclic) bond motifs is 1. The number of carbonyl (C=O) groups is 1. The van der Waals surface area contributed by atoms with Crippen LogP contribution in [0.5, 0.6) is 0 Å². The predicted octanol–water partition coefficient (Wildman–Crippen LogP) is 9.32. The summed E-state index contributed by atoms with van der Waals surface area (Å²) in [4.78, 5) is 33.9. The molecule has 0 amide bonds. The van der Waals surface area contributed by atoms with E-state index in [1.165, 1.54) is 31.3 Å². The maximum absolute atomic E-state index is 12.9. The van der Waals surface area contributed by atoms with Gasteiger partial charge in [-0.1, -0.05) is 76.6 Å². The van der Waals surface area contributed by atoms with Crippen LogP contribution in [0.1, 0.15) is 96.3 Å². The van der Waals surface area contributed by atoms with Gasteiger partial charge in [0.05, 0.1) is 21.5 Å². The van der Waals surface area contributed by atoms with E-state index in [2.05, 4.69) is 65.5 Å². The highest BCUT2D eigenvalue weighted by Crippen LogP contribution is 2.59. The van der Waals surface area contributed by atoms with Crippen molar-refractivity contribution in [3.8, 4) is 0 Å². The van der Waals surface area contributed by atoms with Crippen LogP contribution in [-0.4, -0.2) is 21.9 Å². The lowest BCUT2D eigenvalue weighted by Crippen LogP contribution is -2.35. The normalized spacial score (nSPS) is 29.2. The van der Waals surface area contributed by atoms with E-state index >= 15 is 0 Å². The van der Waals surface area contributed by atoms with E-state index in [1.807, 2.05) is 0 Å². The zero-order valence-electron chi connectivity index (χ0n) is 26.2. The Morgan fingerprint density at radius 3 is 2.30 bits per heavy atom. The summed E-state index contributed by atoms with van der Waals surface area (Å²) in [5.74, 6) is 2.21. The summed E-state index contributed by atoms with van der Waals surface area (Å²) in [6, 6.07) is 2.88. The Morgan fingerprint density at radius 1 is 1.00 bits per heavy atom. The Bertz CT molecular complexity index is 1330. The van der Waals surface area contributed by atoms with Gasteiger partial charge in [-0.2, -0.15) is 0 Å². The Morgan fingerprint density at radius 2 is 1.67 bits per heavy atom. The molecular formula is C35H46N2O6. The minimum atomic E-state index is -0.798. The van der Waals surface area contributed by atoms with E-state index in [4.69, 9.17) is 4.74 Å². The molecule has 1 aromatic rings. The smallest absolute Gasteiger partial charge is 0.338 e. The van der Waals surface area contributed by atoms with Crippen molar-refractivity contribution in [2.45, 2.75) is 92.1 Å². The molecule has 3 saturated carbocycles. The average molecular weight is 591 g/mol. The number of non-ortho nitro benzene ring substituents is 2. The maximum atomic E-state index is 12.9. The molecule has 8 heteroatoms. The van der Waals surface area contributed by atoms with Crippen LogP contribution in [0.25, 0.3) is 0 Å². The Hall–Kier alpha value is -3.55. The highest BCUT2D eigenvalue weighted by Gasteiger charge is 2.50. The van der Waals surface area contributed by atoms with Gasteiger partial charge >= 0.3 is 5.97 Å². The monoisotopic (exact) mass is 590 g/mol. The van der Waals surface area contributed by atoms with Gasteiger partial charge in [-0.05, 0) is 85.5 Å². The summed E-state index contributed by atoms with van der Waals surface area (Å²) in [6.07, 6.45) is 16.6. The van der Waals surface area contributed by atoms with E-state index in [9.17, 15) is 25.0 Å². The molecule has 3 aliphatic carbocycles. The molecule has 0 aromatic heterocycles. The third-order valence-electron chi connectivity index (χ3n) is 10.4. The first-order chi connectivity index (χ1) is 20.3. The van der Waals surface area contributed by atoms with Crippen molar-refractivity contribution in [3.05, 3.63) is 91.6 Å². The molecule has 1 aromatic carbocycles. The van der Waals surface area contributed by atoms with Crippen LogP contribution in [-0.2, 0) is 4.74 Å². The quantitative estimate of drug-likeness (QED) is 0.123. The van der Waals surface area contributed by atoms with Crippen LogP contribution in [0.3, 0.4) is 0 Å². The minimum Gasteiger partial charge on any atom is -0.458 e.